The molecule has 1 aliphatic carbocycles. The van der Waals surface area contributed by atoms with Gasteiger partial charge in [0.25, 0.3) is 0 Å². The van der Waals surface area contributed by atoms with E-state index in [2.05, 4.69) is 15.7 Å². The van der Waals surface area contributed by atoms with Crippen molar-refractivity contribution in [1.82, 2.24) is 15.1 Å². The lowest BCUT2D eigenvalue weighted by atomic mass is 9.96. The first-order chi connectivity index (χ1) is 15.9. The van der Waals surface area contributed by atoms with Crippen molar-refractivity contribution in [2.75, 3.05) is 10.5 Å². The number of urea groups is 1. The van der Waals surface area contributed by atoms with Gasteiger partial charge in [0.05, 0.1) is 28.7 Å². The van der Waals surface area contributed by atoms with Gasteiger partial charge in [0.2, 0.25) is 0 Å². The molecular formula is C24H23N6O3-. The number of allylic oxidation sites excluding steroid dienone is 1. The van der Waals surface area contributed by atoms with E-state index in [1.54, 1.807) is 47.1 Å². The lowest BCUT2D eigenvalue weighted by Crippen LogP contribution is -2.36. The quantitative estimate of drug-likeness (QED) is 0.398. The first-order valence-corrected chi connectivity index (χ1v) is 10.4. The van der Waals surface area contributed by atoms with E-state index in [0.29, 0.717) is 23.4 Å². The molecule has 9 heteroatoms. The summed E-state index contributed by atoms with van der Waals surface area (Å²) in [4.78, 5) is 12.4. The molecule has 0 saturated carbocycles. The zero-order chi connectivity index (χ0) is 23.5. The first kappa shape index (κ1) is 22.1. The predicted octanol–water partition coefficient (Wildman–Crippen LogP) is 4.29. The molecule has 0 bridgehead atoms. The molecule has 9 nitrogen and oxygen atoms in total. The van der Waals surface area contributed by atoms with E-state index in [1.807, 2.05) is 32.1 Å². The molecule has 33 heavy (non-hydrogen) atoms. The van der Waals surface area contributed by atoms with Gasteiger partial charge in [0, 0.05) is 28.9 Å². The Bertz CT molecular complexity index is 1260. The number of hydrogen-bond acceptors (Lipinski definition) is 6. The largest absolute Gasteiger partial charge is 0.733 e. The number of anilines is 2. The van der Waals surface area contributed by atoms with Gasteiger partial charge in [-0.25, -0.2) is 9.48 Å². The summed E-state index contributed by atoms with van der Waals surface area (Å²) in [6.45, 7) is 3.82. The van der Waals surface area contributed by atoms with Crippen molar-refractivity contribution in [3.05, 3.63) is 88.4 Å². The SMILES string of the molecule is Cc1nn(-c2ccccc2N([O-])O)c(C)c1[C@H]1C=C[C@@H](NC(=O)Nc2cccc(C#N)c2)C1. The standard InChI is InChI=1S/C24H23N6O3/c1-15-23(16(2)29(28-15)21-8-3-4-9-22(21)30(32)33)18-10-11-20(13-18)27-24(31)26-19-7-5-6-17(12-19)14-25/h3-12,18,20,32H,13H2,1-2H3,(H2,26,27,31)/q-1/t18-,20+/m0/s1. The van der Waals surface area contributed by atoms with Crippen LogP contribution in [-0.4, -0.2) is 27.1 Å². The van der Waals surface area contributed by atoms with Crippen LogP contribution in [0.5, 0.6) is 0 Å². The number of hydrogen-bond donors (Lipinski definition) is 3. The van der Waals surface area contributed by atoms with Crippen LogP contribution in [0, 0.1) is 30.4 Å². The summed E-state index contributed by atoms with van der Waals surface area (Å²) in [6, 6.07) is 14.9. The van der Waals surface area contributed by atoms with Gasteiger partial charge >= 0.3 is 6.03 Å². The molecule has 2 atom stereocenters. The van der Waals surface area contributed by atoms with Crippen LogP contribution < -0.4 is 15.9 Å². The van der Waals surface area contributed by atoms with Crippen LogP contribution in [-0.2, 0) is 0 Å². The highest BCUT2D eigenvalue weighted by atomic mass is 16.8. The van der Waals surface area contributed by atoms with E-state index in [9.17, 15) is 15.2 Å². The van der Waals surface area contributed by atoms with E-state index in [-0.39, 0.29) is 28.9 Å². The molecule has 2 amide bonds. The molecule has 3 N–H and O–H groups in total. The molecule has 3 aromatic rings. The van der Waals surface area contributed by atoms with Gasteiger partial charge in [-0.05, 0) is 50.6 Å². The molecule has 0 aliphatic heterocycles. The molecule has 4 rings (SSSR count). The third kappa shape index (κ3) is 4.57. The number of nitrogens with zero attached hydrogens (tertiary/aromatic N) is 4. The van der Waals surface area contributed by atoms with Crippen LogP contribution in [0.1, 0.15) is 34.9 Å². The fourth-order valence-corrected chi connectivity index (χ4v) is 4.25. The van der Waals surface area contributed by atoms with Crippen molar-refractivity contribution in [3.63, 3.8) is 0 Å². The van der Waals surface area contributed by atoms with Gasteiger partial charge in [-0.3, -0.25) is 5.21 Å². The Hall–Kier alpha value is -4.13. The van der Waals surface area contributed by atoms with Gasteiger partial charge in [-0.2, -0.15) is 10.4 Å². The highest BCUT2D eigenvalue weighted by Crippen LogP contribution is 2.35. The maximum absolute atomic E-state index is 12.4. The minimum absolute atomic E-state index is 0.0376. The van der Waals surface area contributed by atoms with Crippen LogP contribution in [0.25, 0.3) is 5.69 Å². The number of benzene rings is 2. The maximum atomic E-state index is 12.4. The number of amides is 2. The molecule has 1 heterocycles. The molecule has 0 spiro atoms. The zero-order valence-electron chi connectivity index (χ0n) is 18.2. The number of para-hydroxylation sites is 2. The molecule has 0 unspecified atom stereocenters. The summed E-state index contributed by atoms with van der Waals surface area (Å²) in [5.41, 5.74) is 4.29. The predicted molar refractivity (Wildman–Crippen MR) is 124 cm³/mol. The van der Waals surface area contributed by atoms with Crippen LogP contribution >= 0.6 is 0 Å². The summed E-state index contributed by atoms with van der Waals surface area (Å²) >= 11 is 0. The average molecular weight is 443 g/mol. The zero-order valence-corrected chi connectivity index (χ0v) is 18.2. The fourth-order valence-electron chi connectivity index (χ4n) is 4.25. The Kier molecular flexibility index (Phi) is 6.13. The van der Waals surface area contributed by atoms with Crippen molar-refractivity contribution in [1.29, 1.82) is 5.26 Å². The van der Waals surface area contributed by atoms with Crippen molar-refractivity contribution in [2.24, 2.45) is 0 Å². The monoisotopic (exact) mass is 443 g/mol. The number of nitrogens with one attached hydrogen (secondary N) is 2. The van der Waals surface area contributed by atoms with Gasteiger partial charge in [-0.1, -0.05) is 30.4 Å². The second kappa shape index (κ2) is 9.16. The van der Waals surface area contributed by atoms with Crippen LogP contribution in [0.2, 0.25) is 0 Å². The van der Waals surface area contributed by atoms with E-state index in [0.717, 1.165) is 17.0 Å². The minimum atomic E-state index is -0.350. The highest BCUT2D eigenvalue weighted by molar-refractivity contribution is 5.89. The molecule has 0 fully saturated rings. The Morgan fingerprint density at radius 2 is 2.03 bits per heavy atom. The van der Waals surface area contributed by atoms with Crippen LogP contribution in [0.15, 0.2) is 60.7 Å². The van der Waals surface area contributed by atoms with E-state index in [4.69, 9.17) is 5.26 Å². The molecule has 0 radical (unpaired) electrons. The normalized spacial score (nSPS) is 16.9. The molecular weight excluding hydrogens is 420 g/mol. The van der Waals surface area contributed by atoms with E-state index in [1.165, 1.54) is 6.07 Å². The van der Waals surface area contributed by atoms with Crippen LogP contribution in [0.3, 0.4) is 0 Å². The molecule has 168 valence electrons. The smallest absolute Gasteiger partial charge is 0.319 e. The Morgan fingerprint density at radius 1 is 1.24 bits per heavy atom. The summed E-state index contributed by atoms with van der Waals surface area (Å²) in [6.07, 6.45) is 4.65. The second-order valence-corrected chi connectivity index (χ2v) is 7.88. The number of rotatable bonds is 5. The van der Waals surface area contributed by atoms with E-state index >= 15 is 0 Å². The Morgan fingerprint density at radius 3 is 2.79 bits per heavy atom. The third-order valence-electron chi connectivity index (χ3n) is 5.68. The molecule has 0 saturated heterocycles. The number of carbonyl (C=O) groups is 1. The van der Waals surface area contributed by atoms with Crippen molar-refractivity contribution < 1.29 is 10.0 Å². The third-order valence-corrected chi connectivity index (χ3v) is 5.68. The van der Waals surface area contributed by atoms with Crippen LogP contribution in [0.4, 0.5) is 16.2 Å². The molecule has 1 aromatic heterocycles. The van der Waals surface area contributed by atoms with Gasteiger partial charge < -0.3 is 21.1 Å². The molecule has 2 aromatic carbocycles. The van der Waals surface area contributed by atoms with Gasteiger partial charge in [-0.15, -0.1) is 0 Å². The fraction of sp³-hybridized carbons (Fsp3) is 0.208. The van der Waals surface area contributed by atoms with Gasteiger partial charge in [0.15, 0.2) is 0 Å². The lowest BCUT2D eigenvalue weighted by Gasteiger charge is -2.24. The van der Waals surface area contributed by atoms with Crippen molar-refractivity contribution in [2.45, 2.75) is 32.2 Å². The van der Waals surface area contributed by atoms with Crippen molar-refractivity contribution in [3.8, 4) is 11.8 Å². The van der Waals surface area contributed by atoms with Crippen molar-refractivity contribution >= 4 is 17.4 Å². The number of nitriles is 1. The van der Waals surface area contributed by atoms with Gasteiger partial charge in [0.1, 0.15) is 0 Å². The Labute approximate surface area is 191 Å². The maximum Gasteiger partial charge on any atom is 0.319 e. The number of aromatic nitrogens is 2. The topological polar surface area (TPSA) is 129 Å². The lowest BCUT2D eigenvalue weighted by molar-refractivity contribution is 0.250. The number of carbonyl (C=O) groups excluding carboxylic acids is 1. The Balaban J connectivity index is 1.47. The summed E-state index contributed by atoms with van der Waals surface area (Å²) < 4.78 is 1.66. The average Bonchev–Trinajstić information content (AvgIpc) is 3.36. The molecule has 1 aliphatic rings. The summed E-state index contributed by atoms with van der Waals surface area (Å²) in [7, 11) is 0. The highest BCUT2D eigenvalue weighted by Gasteiger charge is 2.27. The first-order valence-electron chi connectivity index (χ1n) is 10.4. The van der Waals surface area contributed by atoms with E-state index < -0.39 is 0 Å². The summed E-state index contributed by atoms with van der Waals surface area (Å²) in [5.74, 6) is 0.0376. The summed E-state index contributed by atoms with van der Waals surface area (Å²) in [5, 5.41) is 40.2. The number of aryl methyl sites for hydroxylation is 1. The minimum Gasteiger partial charge on any atom is -0.733 e. The second-order valence-electron chi connectivity index (χ2n) is 7.88.